The fourth-order valence-corrected chi connectivity index (χ4v) is 3.73. The van der Waals surface area contributed by atoms with E-state index in [1.807, 2.05) is 0 Å². The second-order valence-electron chi connectivity index (χ2n) is 7.54. The zero-order valence-electron chi connectivity index (χ0n) is 17.8. The molecule has 3 aromatic rings. The van der Waals surface area contributed by atoms with Gasteiger partial charge in [-0.3, -0.25) is 4.79 Å². The molecule has 3 heterocycles. The van der Waals surface area contributed by atoms with Crippen LogP contribution in [0.15, 0.2) is 35.3 Å². The summed E-state index contributed by atoms with van der Waals surface area (Å²) in [5, 5.41) is 13.6. The topological polar surface area (TPSA) is 115 Å². The Kier molecular flexibility index (Phi) is 8.23. The summed E-state index contributed by atoms with van der Waals surface area (Å²) in [6, 6.07) is 2.51. The van der Waals surface area contributed by atoms with E-state index in [9.17, 15) is 13.6 Å². The lowest BCUT2D eigenvalue weighted by Crippen LogP contribution is -2.20. The predicted molar refractivity (Wildman–Crippen MR) is 117 cm³/mol. The number of carbonyl (C=O) groups excluding carboxylic acids is 1. The van der Waals surface area contributed by atoms with Gasteiger partial charge in [-0.25, -0.2) is 18.7 Å². The highest BCUT2D eigenvalue weighted by atomic mass is 35.5. The number of nitrogens with zero attached hydrogens (tertiary/aromatic N) is 4. The Morgan fingerprint density at radius 3 is 2.36 bits per heavy atom. The number of ether oxygens (including phenoxy) is 1. The number of anilines is 1. The van der Waals surface area contributed by atoms with Crippen molar-refractivity contribution < 1.29 is 22.7 Å². The fraction of sp³-hybridized carbons (Fsp3) is 0.381. The first-order valence-electron chi connectivity index (χ1n) is 10.1. The number of fused-ring (bicyclic) bond motifs is 1. The average Bonchev–Trinajstić information content (AvgIpc) is 3.57. The smallest absolute Gasteiger partial charge is 0.309 e. The van der Waals surface area contributed by atoms with E-state index in [2.05, 4.69) is 35.5 Å². The SMILES string of the molecule is COC(=O)C1CCNC1.Cl.Fc1cc2c(cc1F)CC(Nc1ncc(-c3nnco3)cn1)C2. The van der Waals surface area contributed by atoms with Crippen molar-refractivity contribution in [3.05, 3.63) is 53.7 Å². The Morgan fingerprint density at radius 1 is 1.18 bits per heavy atom. The number of rotatable bonds is 4. The number of hydrogen-bond acceptors (Lipinski definition) is 9. The van der Waals surface area contributed by atoms with Crippen LogP contribution in [0.3, 0.4) is 0 Å². The largest absolute Gasteiger partial charge is 0.469 e. The quantitative estimate of drug-likeness (QED) is 0.543. The summed E-state index contributed by atoms with van der Waals surface area (Å²) in [5.74, 6) is -0.827. The number of nitrogens with one attached hydrogen (secondary N) is 2. The lowest BCUT2D eigenvalue weighted by Gasteiger charge is -2.11. The van der Waals surface area contributed by atoms with Crippen LogP contribution in [0.5, 0.6) is 0 Å². The van der Waals surface area contributed by atoms with Gasteiger partial charge < -0.3 is 19.8 Å². The molecule has 2 aromatic heterocycles. The minimum Gasteiger partial charge on any atom is -0.469 e. The predicted octanol–water partition coefficient (Wildman–Crippen LogP) is 2.57. The van der Waals surface area contributed by atoms with Crippen molar-refractivity contribution in [3.8, 4) is 11.5 Å². The zero-order chi connectivity index (χ0) is 22.5. The van der Waals surface area contributed by atoms with E-state index in [1.54, 1.807) is 12.4 Å². The third-order valence-electron chi connectivity index (χ3n) is 5.36. The summed E-state index contributed by atoms with van der Waals surface area (Å²) in [5.41, 5.74) is 2.24. The molecule has 1 aliphatic heterocycles. The number of benzene rings is 1. The molecule has 12 heteroatoms. The van der Waals surface area contributed by atoms with Gasteiger partial charge in [-0.1, -0.05) is 0 Å². The van der Waals surface area contributed by atoms with Crippen LogP contribution in [-0.4, -0.2) is 52.4 Å². The normalized spacial score (nSPS) is 16.9. The fourth-order valence-electron chi connectivity index (χ4n) is 3.73. The molecule has 176 valence electrons. The molecule has 1 fully saturated rings. The van der Waals surface area contributed by atoms with Gasteiger partial charge in [0.05, 0.1) is 18.6 Å². The first-order valence-corrected chi connectivity index (χ1v) is 10.1. The van der Waals surface area contributed by atoms with Gasteiger partial charge in [0.2, 0.25) is 12.3 Å². The maximum absolute atomic E-state index is 13.3. The molecule has 0 amide bonds. The molecule has 1 unspecified atom stereocenters. The molecule has 1 atom stereocenters. The van der Waals surface area contributed by atoms with Crippen LogP contribution in [0.2, 0.25) is 0 Å². The standard InChI is InChI=1S/C15H11F2N5O.C6H11NO2.ClH/c16-12-3-8-1-11(2-9(8)4-13(12)17)21-15-18-5-10(6-19-15)14-22-20-7-23-14;1-9-6(8)5-2-3-7-4-5;/h3-7,11H,1-2H2,(H,18,19,21);5,7H,2-4H2,1H3;1H. The molecule has 0 spiro atoms. The molecule has 9 nitrogen and oxygen atoms in total. The van der Waals surface area contributed by atoms with Gasteiger partial charge in [0.15, 0.2) is 11.6 Å². The van der Waals surface area contributed by atoms with Gasteiger partial charge in [0.1, 0.15) is 0 Å². The lowest BCUT2D eigenvalue weighted by atomic mass is 10.1. The average molecular weight is 481 g/mol. The van der Waals surface area contributed by atoms with Gasteiger partial charge in [0, 0.05) is 25.0 Å². The van der Waals surface area contributed by atoms with Crippen LogP contribution >= 0.6 is 12.4 Å². The Morgan fingerprint density at radius 2 is 1.85 bits per heavy atom. The number of esters is 1. The van der Waals surface area contributed by atoms with E-state index in [1.165, 1.54) is 25.6 Å². The highest BCUT2D eigenvalue weighted by molar-refractivity contribution is 5.85. The maximum atomic E-state index is 13.3. The van der Waals surface area contributed by atoms with Crippen molar-refractivity contribution in [2.24, 2.45) is 5.92 Å². The van der Waals surface area contributed by atoms with E-state index < -0.39 is 11.6 Å². The van der Waals surface area contributed by atoms with E-state index in [-0.39, 0.29) is 30.3 Å². The van der Waals surface area contributed by atoms with Crippen LogP contribution in [0, 0.1) is 17.6 Å². The van der Waals surface area contributed by atoms with Crippen LogP contribution in [0.1, 0.15) is 17.5 Å². The summed E-state index contributed by atoms with van der Waals surface area (Å²) in [4.78, 5) is 19.1. The van der Waals surface area contributed by atoms with Gasteiger partial charge in [0.25, 0.3) is 5.89 Å². The Labute approximate surface area is 194 Å². The Hall–Kier alpha value is -3.18. The second-order valence-corrected chi connectivity index (χ2v) is 7.54. The number of methoxy groups -OCH3 is 1. The molecule has 0 bridgehead atoms. The Bertz CT molecular complexity index is 1030. The molecule has 2 aliphatic rings. The van der Waals surface area contributed by atoms with Crippen LogP contribution in [0.4, 0.5) is 14.7 Å². The molecule has 1 saturated heterocycles. The highest BCUT2D eigenvalue weighted by Gasteiger charge is 2.24. The number of hydrogen-bond donors (Lipinski definition) is 2. The molecule has 0 saturated carbocycles. The van der Waals surface area contributed by atoms with Crippen molar-refractivity contribution in [1.82, 2.24) is 25.5 Å². The first-order chi connectivity index (χ1) is 15.5. The highest BCUT2D eigenvalue weighted by Crippen LogP contribution is 2.26. The molecule has 0 radical (unpaired) electrons. The van der Waals surface area contributed by atoms with E-state index in [0.29, 0.717) is 30.2 Å². The van der Waals surface area contributed by atoms with Crippen LogP contribution in [-0.2, 0) is 22.4 Å². The molecule has 1 aliphatic carbocycles. The summed E-state index contributed by atoms with van der Waals surface area (Å²) in [7, 11) is 1.43. The van der Waals surface area contributed by atoms with Gasteiger partial charge >= 0.3 is 5.97 Å². The van der Waals surface area contributed by atoms with Gasteiger partial charge in [-0.15, -0.1) is 22.6 Å². The van der Waals surface area contributed by atoms with E-state index in [4.69, 9.17) is 4.42 Å². The first kappa shape index (κ1) is 24.5. The number of halogens is 3. The molecule has 2 N–H and O–H groups in total. The number of aromatic nitrogens is 4. The van der Waals surface area contributed by atoms with Gasteiger partial charge in [-0.05, 0) is 49.1 Å². The van der Waals surface area contributed by atoms with Crippen LogP contribution < -0.4 is 10.6 Å². The minimum absolute atomic E-state index is 0. The van der Waals surface area contributed by atoms with Crippen molar-refractivity contribution in [2.45, 2.75) is 25.3 Å². The molecule has 33 heavy (non-hydrogen) atoms. The zero-order valence-corrected chi connectivity index (χ0v) is 18.6. The number of carbonyl (C=O) groups is 1. The molecular weight excluding hydrogens is 458 g/mol. The van der Waals surface area contributed by atoms with Crippen molar-refractivity contribution in [2.75, 3.05) is 25.5 Å². The third kappa shape index (κ3) is 5.99. The third-order valence-corrected chi connectivity index (χ3v) is 5.36. The van der Waals surface area contributed by atoms with Crippen LogP contribution in [0.25, 0.3) is 11.5 Å². The summed E-state index contributed by atoms with van der Waals surface area (Å²) in [6.45, 7) is 1.73. The van der Waals surface area contributed by atoms with Crippen molar-refractivity contribution in [1.29, 1.82) is 0 Å². The summed E-state index contributed by atoms with van der Waals surface area (Å²) < 4.78 is 36.2. The van der Waals surface area contributed by atoms with Gasteiger partial charge in [-0.2, -0.15) is 0 Å². The molecule has 5 rings (SSSR count). The Balaban J connectivity index is 0.000000260. The second kappa shape index (κ2) is 11.1. The molecular formula is C21H23ClF2N6O3. The summed E-state index contributed by atoms with van der Waals surface area (Å²) >= 11 is 0. The maximum Gasteiger partial charge on any atom is 0.309 e. The molecule has 1 aromatic carbocycles. The summed E-state index contributed by atoms with van der Waals surface area (Å²) in [6.07, 6.45) is 6.50. The van der Waals surface area contributed by atoms with E-state index >= 15 is 0 Å². The monoisotopic (exact) mass is 480 g/mol. The van der Waals surface area contributed by atoms with Crippen molar-refractivity contribution in [3.63, 3.8) is 0 Å². The van der Waals surface area contributed by atoms with Crippen molar-refractivity contribution >= 4 is 24.3 Å². The van der Waals surface area contributed by atoms with E-state index in [0.717, 1.165) is 30.6 Å². The lowest BCUT2D eigenvalue weighted by molar-refractivity contribution is -0.144. The minimum atomic E-state index is -0.815.